The van der Waals surface area contributed by atoms with Crippen molar-refractivity contribution in [1.29, 1.82) is 0 Å². The van der Waals surface area contributed by atoms with E-state index in [1.807, 2.05) is 6.07 Å². The maximum atomic E-state index is 13.6. The zero-order chi connectivity index (χ0) is 16.9. The molecule has 2 N–H and O–H groups in total. The van der Waals surface area contributed by atoms with Crippen LogP contribution in [0.3, 0.4) is 0 Å². The average molecular weight is 325 g/mol. The van der Waals surface area contributed by atoms with Crippen LogP contribution in [-0.4, -0.2) is 10.9 Å². The van der Waals surface area contributed by atoms with Gasteiger partial charge < -0.3 is 10.6 Å². The summed E-state index contributed by atoms with van der Waals surface area (Å²) in [4.78, 5) is 16.1. The van der Waals surface area contributed by atoms with Gasteiger partial charge in [-0.25, -0.2) is 13.8 Å². The monoisotopic (exact) mass is 325 g/mol. The maximum absolute atomic E-state index is 13.6. The molecule has 0 aliphatic rings. The molecule has 6 heteroatoms. The zero-order valence-electron chi connectivity index (χ0n) is 12.5. The number of para-hydroxylation sites is 1. The van der Waals surface area contributed by atoms with E-state index < -0.39 is 11.6 Å². The molecule has 0 aliphatic heterocycles. The van der Waals surface area contributed by atoms with E-state index >= 15 is 0 Å². The van der Waals surface area contributed by atoms with E-state index in [1.54, 1.807) is 30.3 Å². The van der Waals surface area contributed by atoms with Crippen LogP contribution in [0, 0.1) is 11.6 Å². The lowest BCUT2D eigenvalue weighted by atomic mass is 10.2. The number of carbonyl (C=O) groups is 1. The summed E-state index contributed by atoms with van der Waals surface area (Å²) in [7, 11) is 0. The predicted octanol–water partition coefficient (Wildman–Crippen LogP) is 4.36. The number of halogens is 2. The Kier molecular flexibility index (Phi) is 4.47. The highest BCUT2D eigenvalue weighted by Crippen LogP contribution is 2.22. The summed E-state index contributed by atoms with van der Waals surface area (Å²) in [6.45, 7) is 0. The number of nitrogens with zero attached hydrogens (tertiary/aromatic N) is 1. The summed E-state index contributed by atoms with van der Waals surface area (Å²) in [5.41, 5.74) is 0.725. The Hall–Kier alpha value is -3.28. The number of benzene rings is 2. The lowest BCUT2D eigenvalue weighted by Crippen LogP contribution is -2.11. The Labute approximate surface area is 137 Å². The van der Waals surface area contributed by atoms with Crippen LogP contribution in [-0.2, 0) is 0 Å². The molecule has 0 atom stereocenters. The van der Waals surface area contributed by atoms with Crippen molar-refractivity contribution < 1.29 is 13.6 Å². The van der Waals surface area contributed by atoms with Gasteiger partial charge in [-0.3, -0.25) is 4.79 Å². The molecule has 1 amide bonds. The van der Waals surface area contributed by atoms with Crippen LogP contribution in [0.2, 0.25) is 0 Å². The average Bonchev–Trinajstić information content (AvgIpc) is 2.60. The van der Waals surface area contributed by atoms with Crippen molar-refractivity contribution in [2.45, 2.75) is 0 Å². The molecule has 4 nitrogen and oxygen atoms in total. The van der Waals surface area contributed by atoms with E-state index in [0.717, 1.165) is 12.1 Å². The first-order chi connectivity index (χ1) is 11.6. The van der Waals surface area contributed by atoms with Gasteiger partial charge in [0.05, 0.1) is 11.9 Å². The standard InChI is InChI=1S/C18H13F2N3O/c19-14-7-4-8-15(20)17(14)23-16-10-9-13(11-21-16)22-18(24)12-5-2-1-3-6-12/h1-11H,(H,21,23)(H,22,24). The highest BCUT2D eigenvalue weighted by atomic mass is 19.1. The molecule has 1 aromatic heterocycles. The van der Waals surface area contributed by atoms with E-state index in [2.05, 4.69) is 15.6 Å². The van der Waals surface area contributed by atoms with E-state index in [-0.39, 0.29) is 17.4 Å². The van der Waals surface area contributed by atoms with E-state index in [1.165, 1.54) is 18.3 Å². The van der Waals surface area contributed by atoms with Gasteiger partial charge >= 0.3 is 0 Å². The van der Waals surface area contributed by atoms with Crippen LogP contribution < -0.4 is 10.6 Å². The smallest absolute Gasteiger partial charge is 0.255 e. The first-order valence-electron chi connectivity index (χ1n) is 7.17. The molecule has 0 radical (unpaired) electrons. The fourth-order valence-electron chi connectivity index (χ4n) is 2.08. The third-order valence-electron chi connectivity index (χ3n) is 3.27. The molecule has 1 heterocycles. The number of hydrogen-bond acceptors (Lipinski definition) is 3. The van der Waals surface area contributed by atoms with Crippen LogP contribution in [0.25, 0.3) is 0 Å². The summed E-state index contributed by atoms with van der Waals surface area (Å²) >= 11 is 0. The van der Waals surface area contributed by atoms with Gasteiger partial charge in [0.25, 0.3) is 5.91 Å². The minimum absolute atomic E-state index is 0.261. The van der Waals surface area contributed by atoms with Gasteiger partial charge in [0.2, 0.25) is 0 Å². The summed E-state index contributed by atoms with van der Waals surface area (Å²) in [5, 5.41) is 5.27. The van der Waals surface area contributed by atoms with Gasteiger partial charge in [0, 0.05) is 5.56 Å². The van der Waals surface area contributed by atoms with Gasteiger partial charge in [-0.2, -0.15) is 0 Å². The van der Waals surface area contributed by atoms with Crippen LogP contribution in [0.1, 0.15) is 10.4 Å². The molecule has 2 aromatic carbocycles. The van der Waals surface area contributed by atoms with Crippen LogP contribution in [0.4, 0.5) is 26.0 Å². The minimum Gasteiger partial charge on any atom is -0.335 e. The van der Waals surface area contributed by atoms with Gasteiger partial charge in [0.1, 0.15) is 23.1 Å². The highest BCUT2D eigenvalue weighted by Gasteiger charge is 2.09. The van der Waals surface area contributed by atoms with Crippen LogP contribution in [0.15, 0.2) is 66.9 Å². The van der Waals surface area contributed by atoms with Crippen molar-refractivity contribution in [3.05, 3.63) is 84.1 Å². The third kappa shape index (κ3) is 3.55. The zero-order valence-corrected chi connectivity index (χ0v) is 12.5. The number of rotatable bonds is 4. The molecule has 0 saturated heterocycles. The summed E-state index contributed by atoms with van der Waals surface area (Å²) < 4.78 is 27.2. The minimum atomic E-state index is -0.710. The van der Waals surface area contributed by atoms with E-state index in [9.17, 15) is 13.6 Å². The number of pyridine rings is 1. The van der Waals surface area contributed by atoms with Gasteiger partial charge in [-0.1, -0.05) is 24.3 Å². The summed E-state index contributed by atoms with van der Waals surface area (Å²) in [6, 6.07) is 15.4. The number of amides is 1. The molecule has 0 saturated carbocycles. The molecular weight excluding hydrogens is 312 g/mol. The van der Waals surface area contributed by atoms with Gasteiger partial charge in [0.15, 0.2) is 0 Å². The number of anilines is 3. The van der Waals surface area contributed by atoms with Crippen molar-refractivity contribution in [3.63, 3.8) is 0 Å². The topological polar surface area (TPSA) is 54.0 Å². The second kappa shape index (κ2) is 6.87. The first kappa shape index (κ1) is 15.6. The number of aromatic nitrogens is 1. The van der Waals surface area contributed by atoms with E-state index in [4.69, 9.17) is 0 Å². The molecule has 0 unspecified atom stereocenters. The number of carbonyl (C=O) groups excluding carboxylic acids is 1. The van der Waals surface area contributed by atoms with Crippen molar-refractivity contribution in [2.24, 2.45) is 0 Å². The normalized spacial score (nSPS) is 10.2. The van der Waals surface area contributed by atoms with Crippen LogP contribution in [0.5, 0.6) is 0 Å². The lowest BCUT2D eigenvalue weighted by Gasteiger charge is -2.09. The Balaban J connectivity index is 1.71. The van der Waals surface area contributed by atoms with Crippen LogP contribution >= 0.6 is 0 Å². The predicted molar refractivity (Wildman–Crippen MR) is 88.3 cm³/mol. The van der Waals surface area contributed by atoms with Crippen molar-refractivity contribution in [3.8, 4) is 0 Å². The molecule has 24 heavy (non-hydrogen) atoms. The van der Waals surface area contributed by atoms with Crippen molar-refractivity contribution >= 4 is 23.1 Å². The molecule has 120 valence electrons. The Morgan fingerprint density at radius 3 is 2.21 bits per heavy atom. The Morgan fingerprint density at radius 2 is 1.58 bits per heavy atom. The Morgan fingerprint density at radius 1 is 0.875 bits per heavy atom. The van der Waals surface area contributed by atoms with E-state index in [0.29, 0.717) is 11.3 Å². The summed E-state index contributed by atoms with van der Waals surface area (Å²) in [5.74, 6) is -1.42. The maximum Gasteiger partial charge on any atom is 0.255 e. The third-order valence-corrected chi connectivity index (χ3v) is 3.27. The fraction of sp³-hybridized carbons (Fsp3) is 0. The first-order valence-corrected chi connectivity index (χ1v) is 7.17. The number of hydrogen-bond donors (Lipinski definition) is 2. The highest BCUT2D eigenvalue weighted by molar-refractivity contribution is 6.04. The molecule has 0 aliphatic carbocycles. The van der Waals surface area contributed by atoms with Gasteiger partial charge in [-0.05, 0) is 36.4 Å². The molecule has 0 bridgehead atoms. The summed E-state index contributed by atoms with van der Waals surface area (Å²) in [6.07, 6.45) is 1.40. The quantitative estimate of drug-likeness (QED) is 0.749. The van der Waals surface area contributed by atoms with Crippen molar-refractivity contribution in [2.75, 3.05) is 10.6 Å². The SMILES string of the molecule is O=C(Nc1ccc(Nc2c(F)cccc2F)nc1)c1ccccc1. The molecule has 3 aromatic rings. The second-order valence-electron chi connectivity index (χ2n) is 4.97. The van der Waals surface area contributed by atoms with Gasteiger partial charge in [-0.15, -0.1) is 0 Å². The molecule has 3 rings (SSSR count). The second-order valence-corrected chi connectivity index (χ2v) is 4.97. The fourth-order valence-corrected chi connectivity index (χ4v) is 2.08. The molecule has 0 spiro atoms. The molecule has 0 fully saturated rings. The lowest BCUT2D eigenvalue weighted by molar-refractivity contribution is 0.102. The largest absolute Gasteiger partial charge is 0.335 e. The number of nitrogens with one attached hydrogen (secondary N) is 2. The van der Waals surface area contributed by atoms with Crippen molar-refractivity contribution in [1.82, 2.24) is 4.98 Å². The molecular formula is C18H13F2N3O. The Bertz CT molecular complexity index is 832.